The first-order valence-electron chi connectivity index (χ1n) is 7.77. The van der Waals surface area contributed by atoms with Gasteiger partial charge >= 0.3 is 5.97 Å². The number of ketones is 1. The summed E-state index contributed by atoms with van der Waals surface area (Å²) < 4.78 is 30.0. The zero-order chi connectivity index (χ0) is 20.2. The van der Waals surface area contributed by atoms with E-state index in [9.17, 15) is 18.0 Å². The number of carbonyl (C=O) groups is 2. The number of halogens is 1. The second kappa shape index (κ2) is 8.77. The minimum absolute atomic E-state index is 0.191. The highest BCUT2D eigenvalue weighted by Crippen LogP contribution is 2.24. The van der Waals surface area contributed by atoms with Gasteiger partial charge in [-0.15, -0.1) is 11.8 Å². The van der Waals surface area contributed by atoms with Crippen LogP contribution in [0.25, 0.3) is 0 Å². The smallest absolute Gasteiger partial charge is 0.340 e. The summed E-state index contributed by atoms with van der Waals surface area (Å²) in [6.45, 7) is 1.47. The summed E-state index contributed by atoms with van der Waals surface area (Å²) in [7, 11) is -3.40. The first-order valence-corrected chi connectivity index (χ1v) is 11.3. The Morgan fingerprint density at radius 1 is 1.15 bits per heavy atom. The predicted molar refractivity (Wildman–Crippen MR) is 107 cm³/mol. The summed E-state index contributed by atoms with van der Waals surface area (Å²) in [4.78, 5) is 25.7. The number of nitrogens with one attached hydrogen (secondary N) is 1. The summed E-state index contributed by atoms with van der Waals surface area (Å²) in [6, 6.07) is 10.8. The molecule has 1 atom stereocenters. The van der Waals surface area contributed by atoms with E-state index >= 15 is 0 Å². The van der Waals surface area contributed by atoms with E-state index in [2.05, 4.69) is 4.72 Å². The minimum Gasteiger partial charge on any atom is -0.451 e. The maximum absolute atomic E-state index is 12.5. The molecule has 2 rings (SSSR count). The van der Waals surface area contributed by atoms with Gasteiger partial charge in [-0.05, 0) is 55.6 Å². The SMILES string of the molecule is CSc1ccc(Cl)c(C(=O)OC(C)C(=O)c2ccc(NS(C)(=O)=O)cc2)c1. The van der Waals surface area contributed by atoms with Crippen LogP contribution >= 0.6 is 23.4 Å². The van der Waals surface area contributed by atoms with Crippen molar-refractivity contribution in [2.75, 3.05) is 17.2 Å². The number of sulfonamides is 1. The molecule has 27 heavy (non-hydrogen) atoms. The van der Waals surface area contributed by atoms with E-state index in [4.69, 9.17) is 16.3 Å². The molecule has 0 spiro atoms. The van der Waals surface area contributed by atoms with E-state index in [1.165, 1.54) is 43.0 Å². The summed E-state index contributed by atoms with van der Waals surface area (Å²) >= 11 is 7.50. The van der Waals surface area contributed by atoms with Crippen molar-refractivity contribution < 1.29 is 22.7 Å². The van der Waals surface area contributed by atoms with Gasteiger partial charge < -0.3 is 4.74 Å². The largest absolute Gasteiger partial charge is 0.451 e. The zero-order valence-corrected chi connectivity index (χ0v) is 17.2. The van der Waals surface area contributed by atoms with E-state index < -0.39 is 27.9 Å². The summed E-state index contributed by atoms with van der Waals surface area (Å²) in [5.41, 5.74) is 0.813. The average molecular weight is 428 g/mol. The van der Waals surface area contributed by atoms with E-state index in [0.717, 1.165) is 11.2 Å². The molecule has 2 aromatic carbocycles. The number of hydrogen-bond donors (Lipinski definition) is 1. The van der Waals surface area contributed by atoms with Crippen LogP contribution in [0.15, 0.2) is 47.4 Å². The van der Waals surface area contributed by atoms with Crippen LogP contribution in [0.5, 0.6) is 0 Å². The maximum Gasteiger partial charge on any atom is 0.340 e. The molecule has 0 bridgehead atoms. The van der Waals surface area contributed by atoms with Crippen molar-refractivity contribution in [3.05, 3.63) is 58.6 Å². The Bertz CT molecular complexity index is 958. The Labute approximate surface area is 167 Å². The molecule has 0 aliphatic heterocycles. The number of thioether (sulfide) groups is 1. The van der Waals surface area contributed by atoms with Crippen LogP contribution in [0.4, 0.5) is 5.69 Å². The van der Waals surface area contributed by atoms with Crippen molar-refractivity contribution in [1.29, 1.82) is 0 Å². The molecule has 0 fully saturated rings. The second-order valence-electron chi connectivity index (χ2n) is 5.71. The second-order valence-corrected chi connectivity index (χ2v) is 8.74. The quantitative estimate of drug-likeness (QED) is 0.410. The maximum atomic E-state index is 12.5. The Kier molecular flexibility index (Phi) is 6.91. The fraction of sp³-hybridized carbons (Fsp3) is 0.222. The van der Waals surface area contributed by atoms with Crippen molar-refractivity contribution in [2.24, 2.45) is 0 Å². The van der Waals surface area contributed by atoms with Crippen molar-refractivity contribution in [1.82, 2.24) is 0 Å². The lowest BCUT2D eigenvalue weighted by Gasteiger charge is -2.14. The number of ether oxygens (including phenoxy) is 1. The fourth-order valence-electron chi connectivity index (χ4n) is 2.22. The van der Waals surface area contributed by atoms with Crippen LogP contribution < -0.4 is 4.72 Å². The highest BCUT2D eigenvalue weighted by Gasteiger charge is 2.22. The molecule has 0 saturated carbocycles. The van der Waals surface area contributed by atoms with Crippen LogP contribution in [0, 0.1) is 0 Å². The Morgan fingerprint density at radius 3 is 2.33 bits per heavy atom. The molecular formula is C18H18ClNO5S2. The van der Waals surface area contributed by atoms with Crippen LogP contribution in [0.2, 0.25) is 5.02 Å². The van der Waals surface area contributed by atoms with Gasteiger partial charge in [0.2, 0.25) is 15.8 Å². The highest BCUT2D eigenvalue weighted by atomic mass is 35.5. The molecule has 144 valence electrons. The van der Waals surface area contributed by atoms with Gasteiger partial charge in [-0.3, -0.25) is 9.52 Å². The Hall–Kier alpha value is -2.03. The van der Waals surface area contributed by atoms with Gasteiger partial charge in [0, 0.05) is 16.1 Å². The molecule has 1 N–H and O–H groups in total. The molecule has 0 aliphatic rings. The normalized spacial score (nSPS) is 12.3. The van der Waals surface area contributed by atoms with E-state index in [0.29, 0.717) is 11.3 Å². The number of carbonyl (C=O) groups excluding carboxylic acids is 2. The number of Topliss-reactive ketones (excluding diaryl/α,β-unsaturated/α-hetero) is 1. The Balaban J connectivity index is 2.10. The van der Waals surface area contributed by atoms with Crippen molar-refractivity contribution >= 4 is 50.8 Å². The van der Waals surface area contributed by atoms with E-state index in [-0.39, 0.29) is 10.6 Å². The molecule has 9 heteroatoms. The zero-order valence-electron chi connectivity index (χ0n) is 14.9. The summed E-state index contributed by atoms with van der Waals surface area (Å²) in [6.07, 6.45) is 1.87. The lowest BCUT2D eigenvalue weighted by Crippen LogP contribution is -2.24. The van der Waals surface area contributed by atoms with Crippen molar-refractivity contribution in [3.8, 4) is 0 Å². The van der Waals surface area contributed by atoms with Crippen LogP contribution in [0.3, 0.4) is 0 Å². The fourth-order valence-corrected chi connectivity index (χ4v) is 3.42. The topological polar surface area (TPSA) is 89.5 Å². The first kappa shape index (κ1) is 21.3. The van der Waals surface area contributed by atoms with Crippen LogP contribution in [-0.2, 0) is 14.8 Å². The first-order chi connectivity index (χ1) is 12.6. The highest BCUT2D eigenvalue weighted by molar-refractivity contribution is 7.98. The van der Waals surface area contributed by atoms with Gasteiger partial charge in [0.05, 0.1) is 16.8 Å². The van der Waals surface area contributed by atoms with Gasteiger partial charge in [-0.25, -0.2) is 13.2 Å². The summed E-state index contributed by atoms with van der Waals surface area (Å²) in [5.74, 6) is -1.10. The molecule has 0 aromatic heterocycles. The van der Waals surface area contributed by atoms with Gasteiger partial charge in [0.25, 0.3) is 0 Å². The third-order valence-corrected chi connectivity index (χ3v) is 5.18. The van der Waals surface area contributed by atoms with Crippen LogP contribution in [-0.4, -0.2) is 38.8 Å². The lowest BCUT2D eigenvalue weighted by atomic mass is 10.1. The monoisotopic (exact) mass is 427 g/mol. The number of esters is 1. The standard InChI is InChI=1S/C18H18ClNO5S2/c1-11(25-18(22)15-10-14(26-2)8-9-16(15)19)17(21)12-4-6-13(7-5-12)20-27(3,23)24/h4-11,20H,1-3H3. The molecule has 0 aliphatic carbocycles. The summed E-state index contributed by atoms with van der Waals surface area (Å²) in [5, 5.41) is 0.244. The van der Waals surface area contributed by atoms with Gasteiger partial charge in [-0.1, -0.05) is 11.6 Å². The van der Waals surface area contributed by atoms with Gasteiger partial charge in [0.1, 0.15) is 0 Å². The molecule has 1 unspecified atom stereocenters. The molecule has 0 saturated heterocycles. The Morgan fingerprint density at radius 2 is 1.78 bits per heavy atom. The number of rotatable bonds is 7. The lowest BCUT2D eigenvalue weighted by molar-refractivity contribution is 0.0318. The number of benzene rings is 2. The molecule has 6 nitrogen and oxygen atoms in total. The molecule has 2 aromatic rings. The molecule has 0 amide bonds. The molecule has 0 heterocycles. The average Bonchev–Trinajstić information content (AvgIpc) is 2.60. The third kappa shape index (κ3) is 5.98. The third-order valence-electron chi connectivity index (χ3n) is 3.52. The predicted octanol–water partition coefficient (Wildman–Crippen LogP) is 3.86. The molecule has 0 radical (unpaired) electrons. The van der Waals surface area contributed by atoms with E-state index in [1.54, 1.807) is 18.2 Å². The van der Waals surface area contributed by atoms with Crippen molar-refractivity contribution in [3.63, 3.8) is 0 Å². The number of anilines is 1. The van der Waals surface area contributed by atoms with E-state index in [1.807, 2.05) is 6.26 Å². The van der Waals surface area contributed by atoms with Crippen LogP contribution in [0.1, 0.15) is 27.6 Å². The number of hydrogen-bond acceptors (Lipinski definition) is 6. The van der Waals surface area contributed by atoms with Gasteiger partial charge in [-0.2, -0.15) is 0 Å². The van der Waals surface area contributed by atoms with Gasteiger partial charge in [0.15, 0.2) is 6.10 Å². The molecular weight excluding hydrogens is 410 g/mol. The van der Waals surface area contributed by atoms with Crippen molar-refractivity contribution in [2.45, 2.75) is 17.9 Å². The minimum atomic E-state index is -3.40.